The van der Waals surface area contributed by atoms with Crippen LogP contribution >= 0.6 is 0 Å². The van der Waals surface area contributed by atoms with E-state index in [0.717, 1.165) is 11.3 Å². The molecule has 2 aromatic carbocycles. The third-order valence-corrected chi connectivity index (χ3v) is 4.16. The fraction of sp³-hybridized carbons (Fsp3) is 0.222. The van der Waals surface area contributed by atoms with Gasteiger partial charge in [0.2, 0.25) is 5.91 Å². The molecule has 8 nitrogen and oxygen atoms in total. The SMILES string of the molecule is COC(=O)c1ccc2c(c1)NC(=O)CCN2Cc1ccc([N+](=O)[O-])cc1. The summed E-state index contributed by atoms with van der Waals surface area (Å²) < 4.78 is 4.72. The Hall–Kier alpha value is -3.42. The summed E-state index contributed by atoms with van der Waals surface area (Å²) in [5.41, 5.74) is 2.58. The second-order valence-corrected chi connectivity index (χ2v) is 5.87. The maximum absolute atomic E-state index is 12.0. The number of fused-ring (bicyclic) bond motifs is 1. The van der Waals surface area contributed by atoms with Crippen molar-refractivity contribution in [1.82, 2.24) is 0 Å². The zero-order chi connectivity index (χ0) is 18.7. The highest BCUT2D eigenvalue weighted by Crippen LogP contribution is 2.31. The van der Waals surface area contributed by atoms with Crippen molar-refractivity contribution in [1.29, 1.82) is 0 Å². The van der Waals surface area contributed by atoms with Gasteiger partial charge in [0.05, 0.1) is 29.0 Å². The Morgan fingerprint density at radius 2 is 2.00 bits per heavy atom. The zero-order valence-electron chi connectivity index (χ0n) is 14.1. The van der Waals surface area contributed by atoms with Crippen LogP contribution in [0.3, 0.4) is 0 Å². The number of rotatable bonds is 4. The summed E-state index contributed by atoms with van der Waals surface area (Å²) in [5.74, 6) is -0.618. The summed E-state index contributed by atoms with van der Waals surface area (Å²) >= 11 is 0. The summed E-state index contributed by atoms with van der Waals surface area (Å²) in [6.45, 7) is 0.977. The van der Waals surface area contributed by atoms with E-state index in [4.69, 9.17) is 4.74 Å². The number of nitro groups is 1. The molecule has 2 aromatic rings. The number of carbonyl (C=O) groups excluding carboxylic acids is 2. The molecule has 0 fully saturated rings. The Morgan fingerprint density at radius 1 is 1.27 bits per heavy atom. The van der Waals surface area contributed by atoms with Crippen molar-refractivity contribution >= 4 is 28.9 Å². The minimum atomic E-state index is -0.479. The van der Waals surface area contributed by atoms with Crippen LogP contribution in [0.1, 0.15) is 22.3 Å². The maximum Gasteiger partial charge on any atom is 0.337 e. The molecule has 0 saturated heterocycles. The Labute approximate surface area is 149 Å². The molecule has 134 valence electrons. The van der Waals surface area contributed by atoms with Gasteiger partial charge in [0.1, 0.15) is 0 Å². The number of anilines is 2. The molecule has 8 heteroatoms. The van der Waals surface area contributed by atoms with Gasteiger partial charge in [-0.3, -0.25) is 14.9 Å². The van der Waals surface area contributed by atoms with Crippen molar-refractivity contribution in [2.75, 3.05) is 23.9 Å². The number of esters is 1. The number of ether oxygens (including phenoxy) is 1. The number of nitrogens with zero attached hydrogens (tertiary/aromatic N) is 2. The number of hydrogen-bond donors (Lipinski definition) is 1. The number of amides is 1. The quantitative estimate of drug-likeness (QED) is 0.514. The third kappa shape index (κ3) is 3.64. The molecule has 1 aliphatic rings. The fourth-order valence-electron chi connectivity index (χ4n) is 2.83. The molecule has 0 radical (unpaired) electrons. The second kappa shape index (κ2) is 7.22. The third-order valence-electron chi connectivity index (χ3n) is 4.16. The average molecular weight is 355 g/mol. The monoisotopic (exact) mass is 355 g/mol. The number of nitro benzene ring substituents is 1. The van der Waals surface area contributed by atoms with Gasteiger partial charge in [0.15, 0.2) is 0 Å². The van der Waals surface area contributed by atoms with Gasteiger partial charge < -0.3 is 15.0 Å². The minimum Gasteiger partial charge on any atom is -0.465 e. The van der Waals surface area contributed by atoms with Crippen LogP contribution in [0.4, 0.5) is 17.1 Å². The Morgan fingerprint density at radius 3 is 2.65 bits per heavy atom. The van der Waals surface area contributed by atoms with Crippen molar-refractivity contribution in [3.8, 4) is 0 Å². The van der Waals surface area contributed by atoms with E-state index in [0.29, 0.717) is 30.8 Å². The predicted molar refractivity (Wildman–Crippen MR) is 95.2 cm³/mol. The number of non-ortho nitro benzene ring substituents is 1. The molecule has 1 aliphatic heterocycles. The van der Waals surface area contributed by atoms with Crippen molar-refractivity contribution in [2.24, 2.45) is 0 Å². The smallest absolute Gasteiger partial charge is 0.337 e. The van der Waals surface area contributed by atoms with E-state index in [1.807, 2.05) is 4.90 Å². The van der Waals surface area contributed by atoms with Gasteiger partial charge >= 0.3 is 5.97 Å². The fourth-order valence-corrected chi connectivity index (χ4v) is 2.83. The van der Waals surface area contributed by atoms with E-state index in [2.05, 4.69) is 5.32 Å². The van der Waals surface area contributed by atoms with Gasteiger partial charge in [-0.05, 0) is 23.8 Å². The van der Waals surface area contributed by atoms with Crippen LogP contribution in [0.15, 0.2) is 42.5 Å². The summed E-state index contributed by atoms with van der Waals surface area (Å²) in [6, 6.07) is 11.3. The number of nitrogens with one attached hydrogen (secondary N) is 1. The standard InChI is InChI=1S/C18H17N3O5/c1-26-18(23)13-4-7-16-15(10-13)19-17(22)8-9-20(16)11-12-2-5-14(6-3-12)21(24)25/h2-7,10H,8-9,11H2,1H3,(H,19,22). The van der Waals surface area contributed by atoms with Crippen LogP contribution in [-0.4, -0.2) is 30.5 Å². The number of benzene rings is 2. The van der Waals surface area contributed by atoms with Gasteiger partial charge in [-0.15, -0.1) is 0 Å². The van der Waals surface area contributed by atoms with Crippen molar-refractivity contribution in [3.05, 3.63) is 63.7 Å². The van der Waals surface area contributed by atoms with Gasteiger partial charge in [0.25, 0.3) is 5.69 Å². The lowest BCUT2D eigenvalue weighted by molar-refractivity contribution is -0.384. The molecule has 1 heterocycles. The van der Waals surface area contributed by atoms with E-state index >= 15 is 0 Å². The van der Waals surface area contributed by atoms with Crippen LogP contribution in [0.25, 0.3) is 0 Å². The normalized spacial score (nSPS) is 13.4. The van der Waals surface area contributed by atoms with Crippen LogP contribution < -0.4 is 10.2 Å². The average Bonchev–Trinajstić information content (AvgIpc) is 2.79. The topological polar surface area (TPSA) is 102 Å². The molecular formula is C18H17N3O5. The van der Waals surface area contributed by atoms with Crippen molar-refractivity contribution < 1.29 is 19.2 Å². The van der Waals surface area contributed by atoms with E-state index in [1.165, 1.54) is 19.2 Å². The van der Waals surface area contributed by atoms with Crippen LogP contribution in [0.2, 0.25) is 0 Å². The van der Waals surface area contributed by atoms with Gasteiger partial charge in [0, 0.05) is 31.6 Å². The molecule has 0 bridgehead atoms. The molecular weight excluding hydrogens is 338 g/mol. The first-order valence-corrected chi connectivity index (χ1v) is 7.98. The molecule has 1 amide bonds. The zero-order valence-corrected chi connectivity index (χ0v) is 14.1. The molecule has 1 N–H and O–H groups in total. The molecule has 3 rings (SSSR count). The van der Waals surface area contributed by atoms with Gasteiger partial charge in [-0.2, -0.15) is 0 Å². The first-order valence-electron chi connectivity index (χ1n) is 7.98. The summed E-state index contributed by atoms with van der Waals surface area (Å²) in [5, 5.41) is 13.6. The Kier molecular flexibility index (Phi) is 4.83. The van der Waals surface area contributed by atoms with E-state index in [1.54, 1.807) is 30.3 Å². The van der Waals surface area contributed by atoms with Gasteiger partial charge in [-0.25, -0.2) is 4.79 Å². The summed E-state index contributed by atoms with van der Waals surface area (Å²) in [4.78, 5) is 36.0. The summed E-state index contributed by atoms with van der Waals surface area (Å²) in [7, 11) is 1.30. The lowest BCUT2D eigenvalue weighted by atomic mass is 10.1. The van der Waals surface area contributed by atoms with Crippen LogP contribution in [-0.2, 0) is 16.1 Å². The van der Waals surface area contributed by atoms with E-state index < -0.39 is 10.9 Å². The number of carbonyl (C=O) groups is 2. The maximum atomic E-state index is 12.0. The van der Waals surface area contributed by atoms with Crippen LogP contribution in [0, 0.1) is 10.1 Å². The molecule has 0 atom stereocenters. The minimum absolute atomic E-state index is 0.0320. The van der Waals surface area contributed by atoms with Crippen LogP contribution in [0.5, 0.6) is 0 Å². The highest BCUT2D eigenvalue weighted by molar-refractivity contribution is 5.99. The molecule has 0 unspecified atom stereocenters. The van der Waals surface area contributed by atoms with E-state index in [-0.39, 0.29) is 11.6 Å². The predicted octanol–water partition coefficient (Wildman–Crippen LogP) is 2.73. The molecule has 0 aromatic heterocycles. The molecule has 0 saturated carbocycles. The molecule has 26 heavy (non-hydrogen) atoms. The second-order valence-electron chi connectivity index (χ2n) is 5.87. The lowest BCUT2D eigenvalue weighted by Crippen LogP contribution is -2.24. The first kappa shape index (κ1) is 17.4. The van der Waals surface area contributed by atoms with Crippen molar-refractivity contribution in [3.63, 3.8) is 0 Å². The van der Waals surface area contributed by atoms with E-state index in [9.17, 15) is 19.7 Å². The highest BCUT2D eigenvalue weighted by Gasteiger charge is 2.21. The Bertz CT molecular complexity index is 864. The lowest BCUT2D eigenvalue weighted by Gasteiger charge is -2.24. The largest absolute Gasteiger partial charge is 0.465 e. The summed E-state index contributed by atoms with van der Waals surface area (Å²) in [6.07, 6.45) is 0.301. The molecule has 0 aliphatic carbocycles. The first-order chi connectivity index (χ1) is 12.5. The molecule has 0 spiro atoms. The van der Waals surface area contributed by atoms with Gasteiger partial charge in [-0.1, -0.05) is 12.1 Å². The number of methoxy groups -OCH3 is 1. The van der Waals surface area contributed by atoms with Crippen molar-refractivity contribution in [2.45, 2.75) is 13.0 Å². The number of hydrogen-bond acceptors (Lipinski definition) is 6. The highest BCUT2D eigenvalue weighted by atomic mass is 16.6. The Balaban J connectivity index is 1.90.